The van der Waals surface area contributed by atoms with E-state index in [4.69, 9.17) is 4.98 Å². The van der Waals surface area contributed by atoms with Crippen LogP contribution in [0.4, 0.5) is 5.13 Å². The topological polar surface area (TPSA) is 83.9 Å². The van der Waals surface area contributed by atoms with Crippen LogP contribution in [-0.4, -0.2) is 50.4 Å². The molecule has 1 atom stereocenters. The van der Waals surface area contributed by atoms with E-state index in [0.29, 0.717) is 11.7 Å². The van der Waals surface area contributed by atoms with Gasteiger partial charge in [-0.05, 0) is 44.0 Å². The lowest BCUT2D eigenvalue weighted by Crippen LogP contribution is -2.40. The first-order valence-corrected chi connectivity index (χ1v) is 10.2. The molecule has 1 amide bonds. The predicted octanol–water partition coefficient (Wildman–Crippen LogP) is 3.12. The summed E-state index contributed by atoms with van der Waals surface area (Å²) in [6.07, 6.45) is 9.26. The summed E-state index contributed by atoms with van der Waals surface area (Å²) < 4.78 is 0. The number of carbonyl (C=O) groups is 1. The highest BCUT2D eigenvalue weighted by atomic mass is 32.1. The van der Waals surface area contributed by atoms with E-state index in [1.165, 1.54) is 11.3 Å². The molecule has 8 heteroatoms. The van der Waals surface area contributed by atoms with Crippen molar-refractivity contribution in [3.8, 4) is 11.1 Å². The van der Waals surface area contributed by atoms with Crippen molar-refractivity contribution >= 4 is 22.4 Å². The van der Waals surface area contributed by atoms with Crippen molar-refractivity contribution in [2.24, 2.45) is 0 Å². The Morgan fingerprint density at radius 1 is 1.29 bits per heavy atom. The maximum Gasteiger partial charge on any atom is 0.240 e. The third kappa shape index (κ3) is 4.40. The summed E-state index contributed by atoms with van der Waals surface area (Å²) in [5, 5.41) is 5.36. The maximum absolute atomic E-state index is 12.3. The minimum atomic E-state index is -0.0242. The molecule has 0 aliphatic carbocycles. The fourth-order valence-corrected chi connectivity index (χ4v) is 4.17. The third-order valence-electron chi connectivity index (χ3n) is 4.87. The molecule has 0 unspecified atom stereocenters. The largest absolute Gasteiger partial charge is 0.301 e. The molecule has 0 saturated carbocycles. The molecule has 144 valence electrons. The van der Waals surface area contributed by atoms with Gasteiger partial charge >= 0.3 is 0 Å². The summed E-state index contributed by atoms with van der Waals surface area (Å²) in [5.41, 5.74) is 3.18. The van der Waals surface area contributed by atoms with Crippen LogP contribution in [0.5, 0.6) is 0 Å². The maximum atomic E-state index is 12.3. The molecule has 0 bridgehead atoms. The second kappa shape index (κ2) is 8.53. The molecule has 4 rings (SSSR count). The zero-order valence-electron chi connectivity index (χ0n) is 15.7. The van der Waals surface area contributed by atoms with E-state index >= 15 is 0 Å². The summed E-state index contributed by atoms with van der Waals surface area (Å²) in [6, 6.07) is 3.97. The summed E-state index contributed by atoms with van der Waals surface area (Å²) in [5.74, 6) is 1.02. The van der Waals surface area contributed by atoms with Gasteiger partial charge in [0.1, 0.15) is 5.82 Å². The van der Waals surface area contributed by atoms with E-state index < -0.39 is 0 Å². The molecule has 7 nitrogen and oxygen atoms in total. The van der Waals surface area contributed by atoms with Crippen molar-refractivity contribution in [2.45, 2.75) is 25.7 Å². The summed E-state index contributed by atoms with van der Waals surface area (Å²) in [7, 11) is 0. The van der Waals surface area contributed by atoms with Crippen LogP contribution in [0, 0.1) is 6.92 Å². The number of carbonyl (C=O) groups excluding carboxylic acids is 1. The molecule has 3 aromatic heterocycles. The van der Waals surface area contributed by atoms with Crippen molar-refractivity contribution in [1.82, 2.24) is 24.8 Å². The quantitative estimate of drug-likeness (QED) is 0.716. The van der Waals surface area contributed by atoms with E-state index in [2.05, 4.69) is 25.2 Å². The van der Waals surface area contributed by atoms with Crippen molar-refractivity contribution in [1.29, 1.82) is 0 Å². The second-order valence-corrected chi connectivity index (χ2v) is 7.81. The molecule has 1 saturated heterocycles. The average molecular weight is 395 g/mol. The van der Waals surface area contributed by atoms with Gasteiger partial charge in [0, 0.05) is 48.2 Å². The van der Waals surface area contributed by atoms with Gasteiger partial charge in [-0.25, -0.2) is 15.0 Å². The third-order valence-corrected chi connectivity index (χ3v) is 5.56. The molecule has 0 spiro atoms. The van der Waals surface area contributed by atoms with Crippen molar-refractivity contribution in [3.63, 3.8) is 0 Å². The van der Waals surface area contributed by atoms with Crippen LogP contribution < -0.4 is 5.32 Å². The van der Waals surface area contributed by atoms with Gasteiger partial charge in [-0.1, -0.05) is 0 Å². The second-order valence-electron chi connectivity index (χ2n) is 6.91. The molecule has 1 aliphatic rings. The lowest BCUT2D eigenvalue weighted by atomic mass is 9.90. The fourth-order valence-electron chi connectivity index (χ4n) is 3.62. The van der Waals surface area contributed by atoms with E-state index in [1.807, 2.05) is 30.6 Å². The molecule has 4 heterocycles. The van der Waals surface area contributed by atoms with Crippen LogP contribution >= 0.6 is 11.3 Å². The first-order valence-electron chi connectivity index (χ1n) is 9.34. The van der Waals surface area contributed by atoms with E-state index in [1.54, 1.807) is 18.6 Å². The van der Waals surface area contributed by atoms with Gasteiger partial charge in [0.2, 0.25) is 5.91 Å². The summed E-state index contributed by atoms with van der Waals surface area (Å²) in [6.45, 7) is 4.00. The minimum Gasteiger partial charge on any atom is -0.301 e. The van der Waals surface area contributed by atoms with E-state index in [-0.39, 0.29) is 11.8 Å². The van der Waals surface area contributed by atoms with E-state index in [0.717, 1.165) is 48.6 Å². The monoisotopic (exact) mass is 394 g/mol. The molecular formula is C20H22N6OS. The van der Waals surface area contributed by atoms with Gasteiger partial charge in [0.15, 0.2) is 5.13 Å². The Bertz CT molecular complexity index is 931. The number of rotatable bonds is 5. The molecule has 1 fully saturated rings. The molecule has 1 aliphatic heterocycles. The SMILES string of the molecule is Cc1ncc(-c2ccncc2)c([C@H]2CCCN(CC(=O)Nc3nccs3)C2)n1. The number of piperidine rings is 1. The van der Waals surface area contributed by atoms with Crippen molar-refractivity contribution < 1.29 is 4.79 Å². The van der Waals surface area contributed by atoms with Crippen molar-refractivity contribution in [2.75, 3.05) is 25.0 Å². The number of likely N-dealkylation sites (tertiary alicyclic amines) is 1. The highest BCUT2D eigenvalue weighted by molar-refractivity contribution is 7.13. The number of anilines is 1. The van der Waals surface area contributed by atoms with Crippen LogP contribution in [0.25, 0.3) is 11.1 Å². The summed E-state index contributed by atoms with van der Waals surface area (Å²) >= 11 is 1.43. The number of nitrogens with zero attached hydrogens (tertiary/aromatic N) is 5. The molecule has 28 heavy (non-hydrogen) atoms. The highest BCUT2D eigenvalue weighted by Gasteiger charge is 2.26. The van der Waals surface area contributed by atoms with Gasteiger partial charge in [-0.3, -0.25) is 14.7 Å². The zero-order chi connectivity index (χ0) is 19.3. The zero-order valence-corrected chi connectivity index (χ0v) is 16.5. The number of nitrogens with one attached hydrogen (secondary N) is 1. The number of aryl methyl sites for hydroxylation is 1. The van der Waals surface area contributed by atoms with Crippen LogP contribution in [0.2, 0.25) is 0 Å². The Hall–Kier alpha value is -2.71. The Morgan fingerprint density at radius 3 is 2.93 bits per heavy atom. The Balaban J connectivity index is 1.50. The fraction of sp³-hybridized carbons (Fsp3) is 0.350. The molecule has 0 aromatic carbocycles. The lowest BCUT2D eigenvalue weighted by Gasteiger charge is -2.32. The molecule has 1 N–H and O–H groups in total. The lowest BCUT2D eigenvalue weighted by molar-refractivity contribution is -0.117. The normalized spacial score (nSPS) is 17.4. The smallest absolute Gasteiger partial charge is 0.240 e. The van der Waals surface area contributed by atoms with Crippen LogP contribution in [-0.2, 0) is 4.79 Å². The average Bonchev–Trinajstić information content (AvgIpc) is 3.21. The Kier molecular flexibility index (Phi) is 5.68. The number of aromatic nitrogens is 4. The molecular weight excluding hydrogens is 372 g/mol. The van der Waals surface area contributed by atoms with Gasteiger partial charge in [-0.15, -0.1) is 11.3 Å². The minimum absolute atomic E-state index is 0.0242. The first-order chi connectivity index (χ1) is 13.7. The molecule has 0 radical (unpaired) electrons. The Labute approximate surface area is 167 Å². The number of pyridine rings is 1. The number of hydrogen-bond acceptors (Lipinski definition) is 7. The highest BCUT2D eigenvalue weighted by Crippen LogP contribution is 2.32. The summed E-state index contributed by atoms with van der Waals surface area (Å²) in [4.78, 5) is 32.0. The standard InChI is InChI=1S/C20H22N6OS/c1-14-23-11-17(15-4-6-21-7-5-15)19(24-14)16-3-2-9-26(12-16)13-18(27)25-20-22-8-10-28-20/h4-8,10-11,16H,2-3,9,12-13H2,1H3,(H,22,25,27)/t16-/m0/s1. The van der Waals surface area contributed by atoms with E-state index in [9.17, 15) is 4.79 Å². The van der Waals surface area contributed by atoms with Gasteiger partial charge < -0.3 is 5.32 Å². The van der Waals surface area contributed by atoms with Crippen LogP contribution in [0.3, 0.4) is 0 Å². The van der Waals surface area contributed by atoms with Crippen LogP contribution in [0.1, 0.15) is 30.3 Å². The number of thiazole rings is 1. The number of hydrogen-bond donors (Lipinski definition) is 1. The first kappa shape index (κ1) is 18.6. The molecule has 3 aromatic rings. The predicted molar refractivity (Wildman–Crippen MR) is 109 cm³/mol. The van der Waals surface area contributed by atoms with Crippen molar-refractivity contribution in [3.05, 3.63) is 53.8 Å². The Morgan fingerprint density at radius 2 is 2.14 bits per heavy atom. The number of amides is 1. The van der Waals surface area contributed by atoms with Gasteiger partial charge in [0.25, 0.3) is 0 Å². The van der Waals surface area contributed by atoms with Gasteiger partial charge in [0.05, 0.1) is 12.2 Å². The van der Waals surface area contributed by atoms with Crippen LogP contribution in [0.15, 0.2) is 42.3 Å². The van der Waals surface area contributed by atoms with Gasteiger partial charge in [-0.2, -0.15) is 0 Å².